The van der Waals surface area contributed by atoms with Crippen molar-refractivity contribution in [2.75, 3.05) is 13.1 Å². The molecule has 0 bridgehead atoms. The van der Waals surface area contributed by atoms with E-state index in [1.807, 2.05) is 0 Å². The number of nitrogens with zero attached hydrogens (tertiary/aromatic N) is 1. The Kier molecular flexibility index (Phi) is 16.1. The van der Waals surface area contributed by atoms with Gasteiger partial charge in [0.05, 0.1) is 0 Å². The summed E-state index contributed by atoms with van der Waals surface area (Å²) in [6, 6.07) is 0.421. The minimum Gasteiger partial charge on any atom is -0.294 e. The van der Waals surface area contributed by atoms with Crippen molar-refractivity contribution in [3.63, 3.8) is 0 Å². The first-order chi connectivity index (χ1) is 15.7. The van der Waals surface area contributed by atoms with Gasteiger partial charge in [0.1, 0.15) is 7.28 Å². The minimum absolute atomic E-state index is 0.168. The van der Waals surface area contributed by atoms with E-state index in [9.17, 15) is 0 Å². The van der Waals surface area contributed by atoms with E-state index < -0.39 is 0 Å². The zero-order valence-corrected chi connectivity index (χ0v) is 25.2. The second-order valence-electron chi connectivity index (χ2n) is 12.0. The van der Waals surface area contributed by atoms with Crippen LogP contribution in [0.3, 0.4) is 0 Å². The summed E-state index contributed by atoms with van der Waals surface area (Å²) in [6.07, 6.45) is 12.9. The molecule has 0 aromatic heterocycles. The van der Waals surface area contributed by atoms with Crippen molar-refractivity contribution in [1.82, 2.24) is 4.90 Å². The Bertz CT molecular complexity index is 674. The smallest absolute Gasteiger partial charge is 0.114 e. The molecule has 0 fully saturated rings. The van der Waals surface area contributed by atoms with Crippen LogP contribution >= 0.6 is 0 Å². The summed E-state index contributed by atoms with van der Waals surface area (Å²) < 4.78 is 0. The molecule has 0 saturated carbocycles. The van der Waals surface area contributed by atoms with Gasteiger partial charge in [-0.2, -0.15) is 0 Å². The lowest BCUT2D eigenvalue weighted by Gasteiger charge is -2.28. The normalized spacial score (nSPS) is 16.7. The molecule has 0 amide bonds. The van der Waals surface area contributed by atoms with Crippen LogP contribution < -0.4 is 0 Å². The first kappa shape index (κ1) is 33.0. The second-order valence-corrected chi connectivity index (χ2v) is 12.0. The van der Waals surface area contributed by atoms with Gasteiger partial charge in [0.25, 0.3) is 0 Å². The predicted octanol–water partition coefficient (Wildman–Crippen LogP) is 9.92. The van der Waals surface area contributed by atoms with E-state index in [-0.39, 0.29) is 5.41 Å². The van der Waals surface area contributed by atoms with Gasteiger partial charge in [-0.3, -0.25) is 4.90 Å². The Morgan fingerprint density at radius 2 is 1.59 bits per heavy atom. The maximum atomic E-state index is 4.35. The van der Waals surface area contributed by atoms with Crippen LogP contribution in [0.4, 0.5) is 0 Å². The molecule has 0 rings (SSSR count). The van der Waals surface area contributed by atoms with Gasteiger partial charge in [-0.05, 0) is 63.8 Å². The van der Waals surface area contributed by atoms with Gasteiger partial charge in [0, 0.05) is 12.6 Å². The lowest BCUT2D eigenvalue weighted by atomic mass is 9.61. The fourth-order valence-corrected chi connectivity index (χ4v) is 4.23. The van der Waals surface area contributed by atoms with Gasteiger partial charge in [0.15, 0.2) is 0 Å². The van der Waals surface area contributed by atoms with Gasteiger partial charge >= 0.3 is 0 Å². The summed E-state index contributed by atoms with van der Waals surface area (Å²) in [4.78, 5) is 2.62. The maximum Gasteiger partial charge on any atom is 0.114 e. The molecule has 0 aliphatic heterocycles. The molecule has 0 heterocycles. The molecule has 0 aromatic rings. The SMILES string of the molecule is C=C(C/C(C)=C\C(C)N(C/C=C/C/C(=C(\C)C(C)CC)C(C)C)CC[B][C@H](C)CC)C(C)(C)C. The van der Waals surface area contributed by atoms with Crippen LogP contribution in [-0.2, 0) is 0 Å². The van der Waals surface area contributed by atoms with Crippen molar-refractivity contribution in [1.29, 1.82) is 0 Å². The van der Waals surface area contributed by atoms with Crippen LogP contribution in [-0.4, -0.2) is 31.3 Å². The lowest BCUT2D eigenvalue weighted by Crippen LogP contribution is -2.33. The summed E-state index contributed by atoms with van der Waals surface area (Å²) in [5.74, 6) is 1.98. The van der Waals surface area contributed by atoms with Gasteiger partial charge in [0.2, 0.25) is 0 Å². The molecule has 0 aliphatic carbocycles. The predicted molar refractivity (Wildman–Crippen MR) is 159 cm³/mol. The molecule has 2 unspecified atom stereocenters. The highest BCUT2D eigenvalue weighted by Gasteiger charge is 2.17. The highest BCUT2D eigenvalue weighted by Crippen LogP contribution is 2.29. The van der Waals surface area contributed by atoms with Gasteiger partial charge in [-0.25, -0.2) is 0 Å². The molecule has 0 saturated heterocycles. The zero-order valence-electron chi connectivity index (χ0n) is 25.2. The van der Waals surface area contributed by atoms with E-state index in [2.05, 4.69) is 120 Å². The molecule has 34 heavy (non-hydrogen) atoms. The average Bonchev–Trinajstić information content (AvgIpc) is 2.75. The lowest BCUT2D eigenvalue weighted by molar-refractivity contribution is 0.280. The van der Waals surface area contributed by atoms with Crippen molar-refractivity contribution in [2.45, 2.75) is 127 Å². The summed E-state index contributed by atoms with van der Waals surface area (Å²) in [5.41, 5.74) is 6.12. The van der Waals surface area contributed by atoms with Gasteiger partial charge < -0.3 is 0 Å². The summed E-state index contributed by atoms with van der Waals surface area (Å²) >= 11 is 0. The van der Waals surface area contributed by atoms with Crippen molar-refractivity contribution in [3.8, 4) is 0 Å². The molecule has 0 aromatic carbocycles. The highest BCUT2D eigenvalue weighted by molar-refractivity contribution is 6.37. The van der Waals surface area contributed by atoms with E-state index in [0.717, 1.165) is 32.3 Å². The van der Waals surface area contributed by atoms with Crippen molar-refractivity contribution < 1.29 is 0 Å². The Balaban J connectivity index is 5.38. The second kappa shape index (κ2) is 16.6. The van der Waals surface area contributed by atoms with Crippen molar-refractivity contribution in [3.05, 3.63) is 47.1 Å². The fraction of sp³-hybridized carbons (Fsp3) is 0.750. The maximum absolute atomic E-state index is 4.35. The third kappa shape index (κ3) is 13.2. The van der Waals surface area contributed by atoms with E-state index in [1.165, 1.54) is 24.0 Å². The Labute approximate surface area is 216 Å². The molecule has 3 atom stereocenters. The molecule has 0 aliphatic rings. The fourth-order valence-electron chi connectivity index (χ4n) is 4.23. The Hall–Kier alpha value is -1.02. The number of hydrogen-bond acceptors (Lipinski definition) is 1. The zero-order chi connectivity index (χ0) is 26.5. The molecular weight excluding hydrogens is 409 g/mol. The van der Waals surface area contributed by atoms with Crippen LogP contribution in [0, 0.1) is 17.3 Å². The van der Waals surface area contributed by atoms with Crippen LogP contribution in [0.2, 0.25) is 12.1 Å². The number of allylic oxidation sites excluding steroid dienone is 5. The molecule has 0 spiro atoms. The summed E-state index contributed by atoms with van der Waals surface area (Å²) in [6.45, 7) is 34.2. The van der Waals surface area contributed by atoms with Crippen molar-refractivity contribution in [2.24, 2.45) is 17.3 Å². The highest BCUT2D eigenvalue weighted by atomic mass is 15.1. The topological polar surface area (TPSA) is 3.24 Å². The molecule has 1 nitrogen and oxygen atoms in total. The third-order valence-electron chi connectivity index (χ3n) is 7.68. The van der Waals surface area contributed by atoms with E-state index in [4.69, 9.17) is 0 Å². The van der Waals surface area contributed by atoms with Crippen LogP contribution in [0.5, 0.6) is 0 Å². The molecule has 1 radical (unpaired) electrons. The molecule has 195 valence electrons. The van der Waals surface area contributed by atoms with Crippen molar-refractivity contribution >= 4 is 7.28 Å². The molecule has 2 heteroatoms. The quantitative estimate of drug-likeness (QED) is 0.161. The van der Waals surface area contributed by atoms with Crippen LogP contribution in [0.1, 0.15) is 109 Å². The largest absolute Gasteiger partial charge is 0.294 e. The first-order valence-corrected chi connectivity index (χ1v) is 14.0. The number of rotatable bonds is 16. The van der Waals surface area contributed by atoms with Gasteiger partial charge in [-0.15, -0.1) is 0 Å². The molecular formula is C32H59BN. The molecule has 0 N–H and O–H groups in total. The Morgan fingerprint density at radius 3 is 2.09 bits per heavy atom. The van der Waals surface area contributed by atoms with Crippen LogP contribution in [0.25, 0.3) is 0 Å². The third-order valence-corrected chi connectivity index (χ3v) is 7.68. The summed E-state index contributed by atoms with van der Waals surface area (Å²) in [5, 5.41) is 0. The van der Waals surface area contributed by atoms with E-state index >= 15 is 0 Å². The van der Waals surface area contributed by atoms with E-state index in [1.54, 1.807) is 11.1 Å². The Morgan fingerprint density at radius 1 is 0.971 bits per heavy atom. The van der Waals surface area contributed by atoms with Gasteiger partial charge in [-0.1, -0.05) is 128 Å². The van der Waals surface area contributed by atoms with E-state index in [0.29, 0.717) is 23.7 Å². The average molecular weight is 469 g/mol. The minimum atomic E-state index is 0.168. The number of hydrogen-bond donors (Lipinski definition) is 0. The monoisotopic (exact) mass is 468 g/mol. The summed E-state index contributed by atoms with van der Waals surface area (Å²) in [7, 11) is 2.50. The first-order valence-electron chi connectivity index (χ1n) is 14.0. The standard InChI is InChI=1S/C32H59BN/c1-14-26(6)30(10)31(24(3)4)18-16-17-20-34(21-19-33-28(8)15-2)29(9)23-25(5)22-27(7)32(11,12)13/h16-17,23-24,26,28-29H,7,14-15,18-22H2,1-6,8-13H3/b17-16+,25-23-,31-30-/t26?,28-,29?/m1/s1. The van der Waals surface area contributed by atoms with Crippen LogP contribution in [0.15, 0.2) is 47.1 Å².